The molecule has 0 radical (unpaired) electrons. The Bertz CT molecular complexity index is 2210. The fourth-order valence-corrected chi connectivity index (χ4v) is 9.58. The number of aromatic nitrogens is 3. The summed E-state index contributed by atoms with van der Waals surface area (Å²) in [7, 11) is 0. The number of nitrogens with one attached hydrogen (secondary N) is 2. The second-order valence-electron chi connectivity index (χ2n) is 17.4. The number of ether oxygens (including phenoxy) is 3. The number of hydrogen-bond acceptors (Lipinski definition) is 11. The standard InChI is InChI=1S/C47H62N8O7/c1-33-27-41-49-29-39(34(2)55(41)51-33)46(59)53-23-26-62-47(32-53)16-20-52(21-17-47)30-36-8-6-7-35(28-36)14-24-60-25-15-43(58)54(38-9-4-3-5-10-38)22-19-48-18-13-37-11-12-40(56)44-45(37)61-31-42(57)50-44/h6-8,11-12,27-29,38,48,56H,3-5,9-10,13-26,30-32H2,1-2H3,(H,50,57). The van der Waals surface area contributed by atoms with Gasteiger partial charge in [-0.2, -0.15) is 5.10 Å². The van der Waals surface area contributed by atoms with Gasteiger partial charge < -0.3 is 39.8 Å². The van der Waals surface area contributed by atoms with Gasteiger partial charge in [0.1, 0.15) is 11.4 Å². The van der Waals surface area contributed by atoms with Crippen LogP contribution in [0.25, 0.3) is 5.65 Å². The molecule has 0 bridgehead atoms. The lowest BCUT2D eigenvalue weighted by Crippen LogP contribution is -2.58. The summed E-state index contributed by atoms with van der Waals surface area (Å²) in [5.41, 5.74) is 6.41. The van der Waals surface area contributed by atoms with Crippen molar-refractivity contribution in [1.82, 2.24) is 34.6 Å². The van der Waals surface area contributed by atoms with Crippen molar-refractivity contribution in [1.29, 1.82) is 0 Å². The van der Waals surface area contributed by atoms with Gasteiger partial charge in [0.15, 0.2) is 18.0 Å². The first-order valence-electron chi connectivity index (χ1n) is 22.6. The minimum atomic E-state index is -0.336. The quantitative estimate of drug-likeness (QED) is 0.105. The Labute approximate surface area is 364 Å². The third-order valence-corrected chi connectivity index (χ3v) is 13.0. The van der Waals surface area contributed by atoms with Gasteiger partial charge in [-0.15, -0.1) is 0 Å². The van der Waals surface area contributed by atoms with E-state index in [0.717, 1.165) is 87.2 Å². The molecule has 2 aromatic heterocycles. The van der Waals surface area contributed by atoms with Crippen LogP contribution >= 0.6 is 0 Å². The van der Waals surface area contributed by atoms with Crippen molar-refractivity contribution in [3.63, 3.8) is 0 Å². The summed E-state index contributed by atoms with van der Waals surface area (Å²) in [5, 5.41) is 20.9. The lowest BCUT2D eigenvalue weighted by atomic mass is 9.88. The van der Waals surface area contributed by atoms with E-state index in [1.165, 1.54) is 17.5 Å². The maximum absolute atomic E-state index is 13.7. The number of benzene rings is 2. The first kappa shape index (κ1) is 43.6. The van der Waals surface area contributed by atoms with E-state index >= 15 is 0 Å². The molecule has 1 saturated carbocycles. The Morgan fingerprint density at radius 2 is 1.84 bits per heavy atom. The van der Waals surface area contributed by atoms with Crippen molar-refractivity contribution < 1.29 is 33.7 Å². The largest absolute Gasteiger partial charge is 0.506 e. The van der Waals surface area contributed by atoms with Gasteiger partial charge in [-0.3, -0.25) is 19.3 Å². The van der Waals surface area contributed by atoms with Crippen molar-refractivity contribution in [3.8, 4) is 11.5 Å². The molecular weight excluding hydrogens is 789 g/mol. The molecule has 3 N–H and O–H groups in total. The smallest absolute Gasteiger partial charge is 0.262 e. The second-order valence-corrected chi connectivity index (χ2v) is 17.4. The van der Waals surface area contributed by atoms with E-state index in [-0.39, 0.29) is 41.7 Å². The van der Waals surface area contributed by atoms with Crippen LogP contribution in [-0.2, 0) is 38.4 Å². The molecule has 4 aliphatic rings. The number of amides is 3. The summed E-state index contributed by atoms with van der Waals surface area (Å²) >= 11 is 0. The van der Waals surface area contributed by atoms with E-state index in [2.05, 4.69) is 54.8 Å². The molecule has 62 heavy (non-hydrogen) atoms. The molecule has 15 nitrogen and oxygen atoms in total. The van der Waals surface area contributed by atoms with Crippen LogP contribution in [0.5, 0.6) is 11.5 Å². The molecule has 0 unspecified atom stereocenters. The van der Waals surface area contributed by atoms with Gasteiger partial charge in [-0.25, -0.2) is 9.50 Å². The molecule has 4 aromatic rings. The lowest BCUT2D eigenvalue weighted by molar-refractivity contribution is -0.135. The Kier molecular flexibility index (Phi) is 14.0. The summed E-state index contributed by atoms with van der Waals surface area (Å²) in [6.45, 7) is 11.1. The number of hydrogen-bond donors (Lipinski definition) is 3. The van der Waals surface area contributed by atoms with E-state index in [0.29, 0.717) is 82.4 Å². The van der Waals surface area contributed by atoms with Gasteiger partial charge in [-0.1, -0.05) is 49.6 Å². The van der Waals surface area contributed by atoms with Gasteiger partial charge in [0.25, 0.3) is 11.8 Å². The average molecular weight is 851 g/mol. The van der Waals surface area contributed by atoms with Crippen LogP contribution in [0, 0.1) is 13.8 Å². The Hall–Kier alpha value is -5.09. The number of aromatic hydroxyl groups is 1. The molecule has 0 atom stereocenters. The fourth-order valence-electron chi connectivity index (χ4n) is 9.58. The van der Waals surface area contributed by atoms with Gasteiger partial charge >= 0.3 is 0 Å². The van der Waals surface area contributed by atoms with Crippen molar-refractivity contribution in [2.24, 2.45) is 0 Å². The fraction of sp³-hybridized carbons (Fsp3) is 0.553. The van der Waals surface area contributed by atoms with E-state index in [4.69, 9.17) is 14.2 Å². The third kappa shape index (κ3) is 10.4. The van der Waals surface area contributed by atoms with E-state index in [1.807, 2.05) is 30.9 Å². The predicted octanol–water partition coefficient (Wildman–Crippen LogP) is 4.83. The second kappa shape index (κ2) is 20.0. The number of nitrogens with zero attached hydrogens (tertiary/aromatic N) is 6. The number of phenolic OH excluding ortho intramolecular Hbond substituents is 1. The molecule has 2 aromatic carbocycles. The van der Waals surface area contributed by atoms with Gasteiger partial charge in [0, 0.05) is 57.6 Å². The van der Waals surface area contributed by atoms with Gasteiger partial charge in [0.05, 0.1) is 55.3 Å². The summed E-state index contributed by atoms with van der Waals surface area (Å²) in [6, 6.07) is 14.3. The monoisotopic (exact) mass is 850 g/mol. The number of piperidine rings is 1. The molecule has 332 valence electrons. The van der Waals surface area contributed by atoms with E-state index < -0.39 is 0 Å². The summed E-state index contributed by atoms with van der Waals surface area (Å²) in [6.07, 6.45) is 10.8. The van der Waals surface area contributed by atoms with E-state index in [9.17, 15) is 19.5 Å². The zero-order chi connectivity index (χ0) is 43.1. The average Bonchev–Trinajstić information content (AvgIpc) is 3.68. The first-order chi connectivity index (χ1) is 30.1. The number of likely N-dealkylation sites (tertiary alicyclic amines) is 1. The number of morpholine rings is 1. The number of anilines is 1. The first-order valence-corrected chi connectivity index (χ1v) is 22.6. The number of fused-ring (bicyclic) bond motifs is 2. The topological polar surface area (TPSA) is 163 Å². The minimum absolute atomic E-state index is 0.00646. The maximum atomic E-state index is 13.7. The molecule has 3 amide bonds. The third-order valence-electron chi connectivity index (χ3n) is 13.0. The molecule has 3 fully saturated rings. The lowest BCUT2D eigenvalue weighted by Gasteiger charge is -2.47. The molecule has 8 rings (SSSR count). The number of aryl methyl sites for hydroxylation is 2. The number of phenols is 1. The molecule has 2 saturated heterocycles. The van der Waals surface area contributed by atoms with Crippen LogP contribution in [0.4, 0.5) is 5.69 Å². The maximum Gasteiger partial charge on any atom is 0.262 e. The normalized spacial score (nSPS) is 18.1. The number of rotatable bonds is 16. The summed E-state index contributed by atoms with van der Waals surface area (Å²) < 4.78 is 19.9. The van der Waals surface area contributed by atoms with Crippen LogP contribution in [0.2, 0.25) is 0 Å². The highest BCUT2D eigenvalue weighted by atomic mass is 16.5. The zero-order valence-corrected chi connectivity index (χ0v) is 36.3. The predicted molar refractivity (Wildman–Crippen MR) is 235 cm³/mol. The highest BCUT2D eigenvalue weighted by Crippen LogP contribution is 2.39. The van der Waals surface area contributed by atoms with Crippen LogP contribution in [0.1, 0.15) is 89.8 Å². The van der Waals surface area contributed by atoms with Crippen molar-refractivity contribution in [2.45, 2.75) is 96.2 Å². The summed E-state index contributed by atoms with van der Waals surface area (Å²) in [5.74, 6) is 0.368. The van der Waals surface area contributed by atoms with Crippen LogP contribution in [-0.4, -0.2) is 136 Å². The Morgan fingerprint density at radius 3 is 2.68 bits per heavy atom. The SMILES string of the molecule is Cc1cc2ncc(C(=O)N3CCOC4(CCN(Cc5cccc(CCOCCC(=O)N(CCNCCc6ccc(O)c7c6OCC(=O)N7)C6CCCCC6)c5)CC4)C3)c(C)n2n1. The van der Waals surface area contributed by atoms with Gasteiger partial charge in [-0.05, 0) is 81.7 Å². The minimum Gasteiger partial charge on any atom is -0.506 e. The highest BCUT2D eigenvalue weighted by molar-refractivity contribution is 5.97. The van der Waals surface area contributed by atoms with Gasteiger partial charge in [0.2, 0.25) is 5.91 Å². The van der Waals surface area contributed by atoms with Crippen molar-refractivity contribution >= 4 is 29.1 Å². The molecule has 3 aliphatic heterocycles. The molecule has 1 aliphatic carbocycles. The number of carbonyl (C=O) groups is 3. The summed E-state index contributed by atoms with van der Waals surface area (Å²) in [4.78, 5) is 50.0. The zero-order valence-electron chi connectivity index (χ0n) is 36.3. The van der Waals surface area contributed by atoms with E-state index in [1.54, 1.807) is 16.8 Å². The van der Waals surface area contributed by atoms with Crippen LogP contribution in [0.15, 0.2) is 48.7 Å². The van der Waals surface area contributed by atoms with Crippen molar-refractivity contribution in [2.75, 3.05) is 77.6 Å². The Balaban J connectivity index is 0.751. The Morgan fingerprint density at radius 1 is 1.02 bits per heavy atom. The molecule has 15 heteroatoms. The molecule has 5 heterocycles. The van der Waals surface area contributed by atoms with Crippen molar-refractivity contribution in [3.05, 3.63) is 82.3 Å². The molecular formula is C47H62N8O7. The van der Waals surface area contributed by atoms with Crippen LogP contribution in [0.3, 0.4) is 0 Å². The van der Waals surface area contributed by atoms with Crippen LogP contribution < -0.4 is 15.4 Å². The number of carbonyl (C=O) groups excluding carboxylic acids is 3. The highest BCUT2D eigenvalue weighted by Gasteiger charge is 2.41. The molecule has 1 spiro atoms.